The lowest BCUT2D eigenvalue weighted by molar-refractivity contribution is -0.385. The molecule has 0 saturated carbocycles. The van der Waals surface area contributed by atoms with Crippen LogP contribution in [-0.4, -0.2) is 21.7 Å². The largest absolute Gasteiger partial charge is 0.356 e. The second-order valence-electron chi connectivity index (χ2n) is 4.40. The van der Waals surface area contributed by atoms with E-state index in [9.17, 15) is 19.7 Å². The average Bonchev–Trinajstić information content (AvgIpc) is 2.90. The highest BCUT2D eigenvalue weighted by Crippen LogP contribution is 2.18. The molecule has 0 aliphatic heterocycles. The summed E-state index contributed by atoms with van der Waals surface area (Å²) in [7, 11) is 0. The van der Waals surface area contributed by atoms with Gasteiger partial charge in [-0.3, -0.25) is 30.6 Å². The van der Waals surface area contributed by atoms with Gasteiger partial charge in [-0.1, -0.05) is 0 Å². The van der Waals surface area contributed by atoms with E-state index in [0.29, 0.717) is 10.0 Å². The van der Waals surface area contributed by atoms with Crippen LogP contribution in [0, 0.1) is 17.0 Å². The van der Waals surface area contributed by atoms with E-state index in [1.807, 2.05) is 0 Å². The van der Waals surface area contributed by atoms with Crippen LogP contribution in [0.1, 0.15) is 26.4 Å². The number of hydrazine groups is 1. The number of carbonyl (C=O) groups excluding carboxylic acids is 2. The van der Waals surface area contributed by atoms with Gasteiger partial charge in [0.25, 0.3) is 17.5 Å². The van der Waals surface area contributed by atoms with Gasteiger partial charge in [0, 0.05) is 27.9 Å². The van der Waals surface area contributed by atoms with E-state index < -0.39 is 16.7 Å². The van der Waals surface area contributed by atoms with Gasteiger partial charge >= 0.3 is 0 Å². The summed E-state index contributed by atoms with van der Waals surface area (Å²) in [6.07, 6.45) is 1.58. The summed E-state index contributed by atoms with van der Waals surface area (Å²) < 4.78 is 0.704. The smallest absolute Gasteiger partial charge is 0.286 e. The first-order chi connectivity index (χ1) is 10.4. The molecule has 0 fully saturated rings. The van der Waals surface area contributed by atoms with E-state index in [-0.39, 0.29) is 16.9 Å². The average molecular weight is 367 g/mol. The number of H-pyrrole nitrogens is 1. The van der Waals surface area contributed by atoms with Gasteiger partial charge in [-0.05, 0) is 41.1 Å². The van der Waals surface area contributed by atoms with E-state index in [4.69, 9.17) is 0 Å². The van der Waals surface area contributed by atoms with Gasteiger partial charge < -0.3 is 4.98 Å². The highest BCUT2D eigenvalue weighted by molar-refractivity contribution is 9.10. The van der Waals surface area contributed by atoms with Crippen LogP contribution in [-0.2, 0) is 0 Å². The molecular weight excluding hydrogens is 356 g/mol. The molecular formula is C13H11BrN4O4. The normalized spacial score (nSPS) is 10.1. The van der Waals surface area contributed by atoms with E-state index in [1.54, 1.807) is 12.3 Å². The summed E-state index contributed by atoms with van der Waals surface area (Å²) >= 11 is 3.19. The molecule has 2 rings (SSSR count). The lowest BCUT2D eigenvalue weighted by Crippen LogP contribution is -2.41. The summed E-state index contributed by atoms with van der Waals surface area (Å²) in [4.78, 5) is 36.5. The van der Waals surface area contributed by atoms with Crippen LogP contribution in [0.3, 0.4) is 0 Å². The lowest BCUT2D eigenvalue weighted by atomic mass is 10.1. The highest BCUT2D eigenvalue weighted by atomic mass is 79.9. The van der Waals surface area contributed by atoms with Crippen LogP contribution in [0.2, 0.25) is 0 Å². The van der Waals surface area contributed by atoms with Crippen molar-refractivity contribution in [1.29, 1.82) is 0 Å². The Bertz CT molecular complexity index is 756. The van der Waals surface area contributed by atoms with Crippen LogP contribution < -0.4 is 10.9 Å². The molecule has 0 atom stereocenters. The molecule has 0 aliphatic carbocycles. The second-order valence-corrected chi connectivity index (χ2v) is 5.31. The molecule has 0 saturated heterocycles. The standard InChI is InChI=1S/C13H11BrN4O4/c1-7-4-8(2-3-11(7)18(21)22)12(19)16-17-13(20)10-5-9(14)6-15-10/h2-6,15H,1H3,(H,16,19)(H,17,20). The molecule has 9 heteroatoms. The summed E-state index contributed by atoms with van der Waals surface area (Å²) in [5, 5.41) is 10.7. The maximum absolute atomic E-state index is 11.9. The van der Waals surface area contributed by atoms with E-state index in [0.717, 1.165) is 0 Å². The Hall–Kier alpha value is -2.68. The Balaban J connectivity index is 2.02. The molecule has 3 N–H and O–H groups in total. The number of halogens is 1. The third-order valence-corrected chi connectivity index (χ3v) is 3.30. The molecule has 0 unspecified atom stereocenters. The summed E-state index contributed by atoms with van der Waals surface area (Å²) in [5.74, 6) is -1.09. The van der Waals surface area contributed by atoms with Crippen LogP contribution >= 0.6 is 15.9 Å². The fourth-order valence-electron chi connectivity index (χ4n) is 1.75. The first-order valence-corrected chi connectivity index (χ1v) is 6.87. The van der Waals surface area contributed by atoms with E-state index in [2.05, 4.69) is 31.8 Å². The van der Waals surface area contributed by atoms with Gasteiger partial charge in [-0.15, -0.1) is 0 Å². The predicted molar refractivity (Wildman–Crippen MR) is 81.3 cm³/mol. The first kappa shape index (κ1) is 15.7. The maximum atomic E-state index is 11.9. The lowest BCUT2D eigenvalue weighted by Gasteiger charge is -2.07. The second kappa shape index (κ2) is 6.39. The number of nitro groups is 1. The maximum Gasteiger partial charge on any atom is 0.286 e. The van der Waals surface area contributed by atoms with Gasteiger partial charge in [-0.25, -0.2) is 0 Å². The molecule has 0 bridgehead atoms. The number of hydrogen-bond acceptors (Lipinski definition) is 4. The first-order valence-electron chi connectivity index (χ1n) is 6.08. The molecule has 0 aliphatic rings. The molecule has 22 heavy (non-hydrogen) atoms. The Labute approximate surface area is 133 Å². The molecule has 0 radical (unpaired) electrons. The molecule has 2 amide bonds. The number of carbonyl (C=O) groups is 2. The van der Waals surface area contributed by atoms with Crippen molar-refractivity contribution in [2.45, 2.75) is 6.92 Å². The summed E-state index contributed by atoms with van der Waals surface area (Å²) in [5.41, 5.74) is 5.24. The fourth-order valence-corrected chi connectivity index (χ4v) is 2.10. The number of nitrogens with zero attached hydrogens (tertiary/aromatic N) is 1. The van der Waals surface area contributed by atoms with Crippen molar-refractivity contribution < 1.29 is 14.5 Å². The number of amides is 2. The number of aryl methyl sites for hydroxylation is 1. The molecule has 1 aromatic carbocycles. The quantitative estimate of drug-likeness (QED) is 0.569. The van der Waals surface area contributed by atoms with Crippen molar-refractivity contribution in [3.05, 3.63) is 61.9 Å². The number of hydrogen-bond donors (Lipinski definition) is 3. The zero-order chi connectivity index (χ0) is 16.3. The molecule has 0 spiro atoms. The minimum Gasteiger partial charge on any atom is -0.356 e. The zero-order valence-electron chi connectivity index (χ0n) is 11.3. The Morgan fingerprint density at radius 2 is 1.91 bits per heavy atom. The fraction of sp³-hybridized carbons (Fsp3) is 0.0769. The van der Waals surface area contributed by atoms with Crippen LogP contribution in [0.5, 0.6) is 0 Å². The van der Waals surface area contributed by atoms with Crippen molar-refractivity contribution in [1.82, 2.24) is 15.8 Å². The molecule has 8 nitrogen and oxygen atoms in total. The van der Waals surface area contributed by atoms with Crippen LogP contribution in [0.25, 0.3) is 0 Å². The predicted octanol–water partition coefficient (Wildman–Crippen LogP) is 2.07. The van der Waals surface area contributed by atoms with Gasteiger partial charge in [0.15, 0.2) is 0 Å². The van der Waals surface area contributed by atoms with Crippen molar-refractivity contribution in [2.75, 3.05) is 0 Å². The minimum absolute atomic E-state index is 0.0724. The number of nitro benzene ring substituents is 1. The zero-order valence-corrected chi connectivity index (χ0v) is 12.9. The number of rotatable bonds is 3. The Kier molecular flexibility index (Phi) is 4.56. The Morgan fingerprint density at radius 3 is 2.45 bits per heavy atom. The van der Waals surface area contributed by atoms with Gasteiger partial charge in [0.05, 0.1) is 4.92 Å². The van der Waals surface area contributed by atoms with E-state index in [1.165, 1.54) is 25.1 Å². The highest BCUT2D eigenvalue weighted by Gasteiger charge is 2.15. The molecule has 2 aromatic rings. The monoisotopic (exact) mass is 366 g/mol. The number of benzene rings is 1. The number of aromatic nitrogens is 1. The third kappa shape index (κ3) is 3.50. The van der Waals surface area contributed by atoms with E-state index >= 15 is 0 Å². The SMILES string of the molecule is Cc1cc(C(=O)NNC(=O)c2cc(Br)c[nH]2)ccc1[N+](=O)[O-]. The van der Waals surface area contributed by atoms with Gasteiger partial charge in [-0.2, -0.15) is 0 Å². The topological polar surface area (TPSA) is 117 Å². The van der Waals surface area contributed by atoms with Crippen molar-refractivity contribution in [2.24, 2.45) is 0 Å². The minimum atomic E-state index is -0.572. The van der Waals surface area contributed by atoms with Crippen molar-refractivity contribution in [3.8, 4) is 0 Å². The molecule has 1 heterocycles. The number of aromatic amines is 1. The summed E-state index contributed by atoms with van der Waals surface area (Å²) in [6.45, 7) is 1.53. The molecule has 114 valence electrons. The van der Waals surface area contributed by atoms with Crippen molar-refractivity contribution in [3.63, 3.8) is 0 Å². The van der Waals surface area contributed by atoms with Gasteiger partial charge in [0.2, 0.25) is 0 Å². The van der Waals surface area contributed by atoms with Gasteiger partial charge in [0.1, 0.15) is 5.69 Å². The molecule has 1 aromatic heterocycles. The van der Waals surface area contributed by atoms with Crippen molar-refractivity contribution >= 4 is 33.4 Å². The third-order valence-electron chi connectivity index (χ3n) is 2.84. The summed E-state index contributed by atoms with van der Waals surface area (Å²) in [6, 6.07) is 5.49. The Morgan fingerprint density at radius 1 is 1.23 bits per heavy atom. The van der Waals surface area contributed by atoms with Crippen LogP contribution in [0.15, 0.2) is 34.9 Å². The number of nitrogens with one attached hydrogen (secondary N) is 3. The van der Waals surface area contributed by atoms with Crippen LogP contribution in [0.4, 0.5) is 5.69 Å².